The quantitative estimate of drug-likeness (QED) is 0.170. The van der Waals surface area contributed by atoms with Crippen molar-refractivity contribution in [3.8, 4) is 5.88 Å². The van der Waals surface area contributed by atoms with E-state index in [-0.39, 0.29) is 42.5 Å². The van der Waals surface area contributed by atoms with E-state index in [2.05, 4.69) is 27.1 Å². The monoisotopic (exact) mass is 495 g/mol. The standard InChI is InChI=1S/C21H27ClFN7O4/c1-2-3-5-17-15-10-24-21(22)25-19(15)29(26-17)7-4-8-34-20-18(30(31)32)12-28(27-20)11-14-6-9-33-13-16(14)23/h10,12,14,16H,2-9,11,13H2,1H3/t14?,16-/m0/s1. The molecule has 1 aliphatic heterocycles. The molecular formula is C21H27ClFN7O4. The van der Waals surface area contributed by atoms with Gasteiger partial charge in [-0.05, 0) is 30.9 Å². The number of halogens is 2. The Morgan fingerprint density at radius 1 is 1.38 bits per heavy atom. The van der Waals surface area contributed by atoms with Gasteiger partial charge >= 0.3 is 11.6 Å². The van der Waals surface area contributed by atoms with Crippen LogP contribution in [0.15, 0.2) is 12.4 Å². The Hall–Kier alpha value is -2.86. The number of aromatic nitrogens is 6. The van der Waals surface area contributed by atoms with Crippen LogP contribution in [0.2, 0.25) is 5.28 Å². The Morgan fingerprint density at radius 2 is 2.24 bits per heavy atom. The molecule has 3 aromatic rings. The zero-order valence-corrected chi connectivity index (χ0v) is 19.7. The molecule has 0 radical (unpaired) electrons. The Bertz CT molecular complexity index is 1140. The van der Waals surface area contributed by atoms with Crippen molar-refractivity contribution in [2.75, 3.05) is 19.8 Å². The number of hydrogen-bond acceptors (Lipinski definition) is 8. The number of ether oxygens (including phenoxy) is 2. The lowest BCUT2D eigenvalue weighted by Crippen LogP contribution is -2.32. The largest absolute Gasteiger partial charge is 0.472 e. The molecule has 2 atom stereocenters. The average Bonchev–Trinajstić information content (AvgIpc) is 3.37. The van der Waals surface area contributed by atoms with E-state index in [4.69, 9.17) is 21.1 Å². The van der Waals surface area contributed by atoms with E-state index in [1.54, 1.807) is 10.9 Å². The summed E-state index contributed by atoms with van der Waals surface area (Å²) in [5.74, 6) is -0.378. The number of unbranched alkanes of at least 4 members (excludes halogenated alkanes) is 1. The molecule has 1 saturated heterocycles. The van der Waals surface area contributed by atoms with Gasteiger partial charge in [0, 0.05) is 38.2 Å². The summed E-state index contributed by atoms with van der Waals surface area (Å²) < 4.78 is 27.9. The van der Waals surface area contributed by atoms with Gasteiger partial charge < -0.3 is 9.47 Å². The van der Waals surface area contributed by atoms with Gasteiger partial charge in [0.1, 0.15) is 12.4 Å². The minimum absolute atomic E-state index is 0.0375. The summed E-state index contributed by atoms with van der Waals surface area (Å²) in [7, 11) is 0. The van der Waals surface area contributed by atoms with E-state index in [1.165, 1.54) is 10.9 Å². The molecule has 0 bridgehead atoms. The number of hydrogen-bond donors (Lipinski definition) is 0. The summed E-state index contributed by atoms with van der Waals surface area (Å²) in [6.45, 7) is 3.52. The third-order valence-electron chi connectivity index (χ3n) is 5.81. The molecule has 184 valence electrons. The molecule has 34 heavy (non-hydrogen) atoms. The fraction of sp³-hybridized carbons (Fsp3) is 0.619. The van der Waals surface area contributed by atoms with E-state index in [9.17, 15) is 14.5 Å². The highest BCUT2D eigenvalue weighted by atomic mass is 35.5. The van der Waals surface area contributed by atoms with Gasteiger partial charge in [-0.15, -0.1) is 5.10 Å². The van der Waals surface area contributed by atoms with Gasteiger partial charge in [-0.25, -0.2) is 14.1 Å². The highest BCUT2D eigenvalue weighted by molar-refractivity contribution is 6.28. The highest BCUT2D eigenvalue weighted by Gasteiger charge is 2.28. The van der Waals surface area contributed by atoms with Gasteiger partial charge in [0.25, 0.3) is 0 Å². The molecule has 1 aliphatic rings. The minimum Gasteiger partial charge on any atom is -0.472 e. The second kappa shape index (κ2) is 11.0. The van der Waals surface area contributed by atoms with Crippen molar-refractivity contribution in [1.82, 2.24) is 29.5 Å². The summed E-state index contributed by atoms with van der Waals surface area (Å²) >= 11 is 5.98. The molecule has 0 amide bonds. The molecule has 0 aliphatic carbocycles. The molecule has 0 saturated carbocycles. The molecule has 0 N–H and O–H groups in total. The molecule has 4 heterocycles. The second-order valence-corrected chi connectivity index (χ2v) is 8.63. The third kappa shape index (κ3) is 5.61. The van der Waals surface area contributed by atoms with Crippen molar-refractivity contribution in [2.24, 2.45) is 5.92 Å². The lowest BCUT2D eigenvalue weighted by Gasteiger charge is -2.25. The zero-order chi connectivity index (χ0) is 24.1. The van der Waals surface area contributed by atoms with E-state index in [0.29, 0.717) is 31.6 Å². The van der Waals surface area contributed by atoms with E-state index in [0.717, 1.165) is 30.3 Å². The van der Waals surface area contributed by atoms with Crippen molar-refractivity contribution in [3.63, 3.8) is 0 Å². The van der Waals surface area contributed by atoms with Crippen LogP contribution in [-0.4, -0.2) is 60.4 Å². The van der Waals surface area contributed by atoms with E-state index < -0.39 is 11.1 Å². The molecule has 1 unspecified atom stereocenters. The van der Waals surface area contributed by atoms with Gasteiger partial charge in [0.05, 0.1) is 29.2 Å². The first kappa shape index (κ1) is 24.3. The topological polar surface area (TPSA) is 123 Å². The van der Waals surface area contributed by atoms with Crippen LogP contribution in [0.3, 0.4) is 0 Å². The number of fused-ring (bicyclic) bond motifs is 1. The van der Waals surface area contributed by atoms with Crippen LogP contribution in [-0.2, 0) is 24.2 Å². The number of rotatable bonds is 11. The lowest BCUT2D eigenvalue weighted by molar-refractivity contribution is -0.386. The predicted molar refractivity (Wildman–Crippen MR) is 122 cm³/mol. The first-order chi connectivity index (χ1) is 16.5. The molecule has 1 fully saturated rings. The van der Waals surface area contributed by atoms with Crippen LogP contribution < -0.4 is 4.74 Å². The molecule has 0 spiro atoms. The fourth-order valence-electron chi connectivity index (χ4n) is 3.98. The van der Waals surface area contributed by atoms with Crippen LogP contribution in [0, 0.1) is 16.0 Å². The zero-order valence-electron chi connectivity index (χ0n) is 18.9. The lowest BCUT2D eigenvalue weighted by atomic mass is 9.99. The van der Waals surface area contributed by atoms with Crippen molar-refractivity contribution in [3.05, 3.63) is 33.5 Å². The Kier molecular flexibility index (Phi) is 7.88. The van der Waals surface area contributed by atoms with Gasteiger partial charge in [-0.1, -0.05) is 13.3 Å². The molecule has 13 heteroatoms. The predicted octanol–water partition coefficient (Wildman–Crippen LogP) is 3.77. The smallest absolute Gasteiger partial charge is 0.350 e. The Labute approximate surface area is 200 Å². The molecule has 0 aromatic carbocycles. The maximum Gasteiger partial charge on any atom is 0.350 e. The van der Waals surface area contributed by atoms with E-state index >= 15 is 0 Å². The number of aryl methyl sites for hydroxylation is 2. The van der Waals surface area contributed by atoms with Crippen molar-refractivity contribution >= 4 is 28.3 Å². The maximum absolute atomic E-state index is 14.1. The Morgan fingerprint density at radius 3 is 3.00 bits per heavy atom. The van der Waals surface area contributed by atoms with Crippen molar-refractivity contribution in [2.45, 2.75) is 58.3 Å². The minimum atomic E-state index is -1.12. The SMILES string of the molecule is CCCCc1nn(CCCOc2nn(CC3CCOC[C@@H]3F)cc2[N+](=O)[O-])c2nc(Cl)ncc12. The van der Waals surface area contributed by atoms with Crippen LogP contribution in [0.4, 0.5) is 10.1 Å². The summed E-state index contributed by atoms with van der Waals surface area (Å²) in [6.07, 6.45) is 5.77. The molecule has 3 aromatic heterocycles. The summed E-state index contributed by atoms with van der Waals surface area (Å²) in [4.78, 5) is 19.3. The van der Waals surface area contributed by atoms with Crippen LogP contribution in [0.5, 0.6) is 5.88 Å². The Balaban J connectivity index is 1.39. The molecule has 11 nitrogen and oxygen atoms in total. The van der Waals surface area contributed by atoms with E-state index in [1.807, 2.05) is 0 Å². The number of alkyl halides is 1. The second-order valence-electron chi connectivity index (χ2n) is 8.29. The number of nitro groups is 1. The van der Waals surface area contributed by atoms with Gasteiger partial charge in [0.2, 0.25) is 5.28 Å². The highest BCUT2D eigenvalue weighted by Crippen LogP contribution is 2.27. The first-order valence-electron chi connectivity index (χ1n) is 11.4. The summed E-state index contributed by atoms with van der Waals surface area (Å²) in [6, 6.07) is 0. The van der Waals surface area contributed by atoms with Crippen LogP contribution >= 0.6 is 11.6 Å². The van der Waals surface area contributed by atoms with Gasteiger partial charge in [-0.2, -0.15) is 10.1 Å². The maximum atomic E-state index is 14.1. The van der Waals surface area contributed by atoms with Crippen LogP contribution in [0.1, 0.15) is 38.3 Å². The average molecular weight is 496 g/mol. The van der Waals surface area contributed by atoms with Crippen molar-refractivity contribution < 1.29 is 18.8 Å². The fourth-order valence-corrected chi connectivity index (χ4v) is 4.10. The molecule has 4 rings (SSSR count). The molecular weight excluding hydrogens is 469 g/mol. The van der Waals surface area contributed by atoms with Gasteiger partial charge in [0.15, 0.2) is 5.65 Å². The summed E-state index contributed by atoms with van der Waals surface area (Å²) in [5, 5.41) is 21.3. The normalized spacial score (nSPS) is 18.4. The first-order valence-corrected chi connectivity index (χ1v) is 11.8. The van der Waals surface area contributed by atoms with Crippen LogP contribution in [0.25, 0.3) is 11.0 Å². The third-order valence-corrected chi connectivity index (χ3v) is 5.99. The van der Waals surface area contributed by atoms with Gasteiger partial charge in [-0.3, -0.25) is 14.8 Å². The summed E-state index contributed by atoms with van der Waals surface area (Å²) in [5.41, 5.74) is 1.33. The number of nitrogens with zero attached hydrogens (tertiary/aromatic N) is 7. The van der Waals surface area contributed by atoms with Crippen molar-refractivity contribution in [1.29, 1.82) is 0 Å².